The zero-order valence-electron chi connectivity index (χ0n) is 9.19. The largest absolute Gasteiger partial charge is 0.297 e. The number of benzene rings is 1. The normalized spacial score (nSPS) is 11.2. The van der Waals surface area contributed by atoms with Crippen LogP contribution in [0.3, 0.4) is 0 Å². The van der Waals surface area contributed by atoms with Crippen molar-refractivity contribution < 1.29 is 21.4 Å². The molecule has 1 aromatic carbocycles. The summed E-state index contributed by atoms with van der Waals surface area (Å²) in [6.45, 7) is 1.34. The fourth-order valence-electron chi connectivity index (χ4n) is 1.23. The van der Waals surface area contributed by atoms with Gasteiger partial charge in [-0.25, -0.2) is 0 Å². The van der Waals surface area contributed by atoms with Gasteiger partial charge < -0.3 is 0 Å². The van der Waals surface area contributed by atoms with Crippen LogP contribution in [0.4, 0.5) is 8.78 Å². The van der Waals surface area contributed by atoms with Crippen LogP contribution in [0, 0.1) is 6.92 Å². The van der Waals surface area contributed by atoms with Gasteiger partial charge in [-0.2, -0.15) is 17.2 Å². The van der Waals surface area contributed by atoms with E-state index in [2.05, 4.69) is 4.18 Å². The molecule has 0 unspecified atom stereocenters. The van der Waals surface area contributed by atoms with Crippen molar-refractivity contribution >= 4 is 10.1 Å². The summed E-state index contributed by atoms with van der Waals surface area (Å²) < 4.78 is 51.4. The average molecular weight is 262 g/mol. The summed E-state index contributed by atoms with van der Waals surface area (Å²) in [5.74, 6) is 0. The Hall–Kier alpha value is -1.27. The van der Waals surface area contributed by atoms with Crippen LogP contribution in [0.2, 0.25) is 0 Å². The SMILES string of the molecule is Cc1ccccc1S(=O)(=O)OCCC=C(F)F. The lowest BCUT2D eigenvalue weighted by Crippen LogP contribution is -2.08. The highest BCUT2D eigenvalue weighted by atomic mass is 32.2. The van der Waals surface area contributed by atoms with Gasteiger partial charge in [-0.1, -0.05) is 18.2 Å². The Labute approximate surface area is 98.8 Å². The molecule has 0 atom stereocenters. The quantitative estimate of drug-likeness (QED) is 0.605. The molecule has 6 heteroatoms. The monoisotopic (exact) mass is 262 g/mol. The molecule has 94 valence electrons. The maximum atomic E-state index is 11.7. The molecule has 0 spiro atoms. The predicted molar refractivity (Wildman–Crippen MR) is 59.2 cm³/mol. The zero-order chi connectivity index (χ0) is 12.9. The molecule has 0 aromatic heterocycles. The summed E-state index contributed by atoms with van der Waals surface area (Å²) in [5, 5.41) is 0. The molecule has 17 heavy (non-hydrogen) atoms. The lowest BCUT2D eigenvalue weighted by Gasteiger charge is -2.06. The molecule has 0 bridgehead atoms. The van der Waals surface area contributed by atoms with Crippen LogP contribution in [0.15, 0.2) is 41.3 Å². The number of hydrogen-bond acceptors (Lipinski definition) is 3. The molecule has 0 aliphatic heterocycles. The third-order valence-electron chi connectivity index (χ3n) is 2.02. The van der Waals surface area contributed by atoms with E-state index in [4.69, 9.17) is 0 Å². The first kappa shape index (κ1) is 13.8. The minimum atomic E-state index is -3.86. The van der Waals surface area contributed by atoms with E-state index in [9.17, 15) is 17.2 Å². The molecule has 0 saturated heterocycles. The Morgan fingerprint density at radius 3 is 2.59 bits per heavy atom. The van der Waals surface area contributed by atoms with Crippen molar-refractivity contribution in [3.63, 3.8) is 0 Å². The van der Waals surface area contributed by atoms with Crippen molar-refractivity contribution in [1.29, 1.82) is 0 Å². The van der Waals surface area contributed by atoms with E-state index in [-0.39, 0.29) is 17.9 Å². The summed E-state index contributed by atoms with van der Waals surface area (Å²) in [5.41, 5.74) is 0.555. The highest BCUT2D eigenvalue weighted by Crippen LogP contribution is 2.17. The lowest BCUT2D eigenvalue weighted by atomic mass is 10.2. The van der Waals surface area contributed by atoms with Gasteiger partial charge in [0.1, 0.15) is 0 Å². The summed E-state index contributed by atoms with van der Waals surface area (Å²) in [6.07, 6.45) is -1.37. The standard InChI is InChI=1S/C11H12F2O3S/c1-9-5-2-3-6-10(9)17(14,15)16-8-4-7-11(12)13/h2-3,5-7H,4,8H2,1H3. The molecule has 0 radical (unpaired) electrons. The molecule has 0 aliphatic carbocycles. The van der Waals surface area contributed by atoms with Crippen molar-refractivity contribution in [3.8, 4) is 0 Å². The van der Waals surface area contributed by atoms with Gasteiger partial charge in [-0.3, -0.25) is 4.18 Å². The fraction of sp³-hybridized carbons (Fsp3) is 0.273. The molecule has 0 saturated carbocycles. The molecular weight excluding hydrogens is 250 g/mol. The molecule has 1 rings (SSSR count). The molecule has 0 heterocycles. The third-order valence-corrected chi connectivity index (χ3v) is 3.49. The number of hydrogen-bond donors (Lipinski definition) is 0. The van der Waals surface area contributed by atoms with Gasteiger partial charge in [0.05, 0.1) is 11.5 Å². The van der Waals surface area contributed by atoms with Crippen molar-refractivity contribution in [1.82, 2.24) is 0 Å². The van der Waals surface area contributed by atoms with Gasteiger partial charge in [-0.15, -0.1) is 0 Å². The summed E-state index contributed by atoms with van der Waals surface area (Å²) >= 11 is 0. The number of rotatable bonds is 5. The first-order chi connectivity index (χ1) is 7.93. The maximum Gasteiger partial charge on any atom is 0.297 e. The van der Waals surface area contributed by atoms with Crippen molar-refractivity contribution in [2.75, 3.05) is 6.61 Å². The topological polar surface area (TPSA) is 43.4 Å². The highest BCUT2D eigenvalue weighted by molar-refractivity contribution is 7.86. The van der Waals surface area contributed by atoms with Crippen LogP contribution < -0.4 is 0 Å². The predicted octanol–water partition coefficient (Wildman–Crippen LogP) is 2.87. The molecule has 0 aliphatic rings. The van der Waals surface area contributed by atoms with Gasteiger partial charge in [0, 0.05) is 0 Å². The van der Waals surface area contributed by atoms with Crippen LogP contribution in [0.5, 0.6) is 0 Å². The Morgan fingerprint density at radius 1 is 1.35 bits per heavy atom. The molecule has 1 aromatic rings. The third kappa shape index (κ3) is 4.24. The van der Waals surface area contributed by atoms with E-state index in [1.165, 1.54) is 6.07 Å². The van der Waals surface area contributed by atoms with Crippen LogP contribution in [-0.4, -0.2) is 15.0 Å². The van der Waals surface area contributed by atoms with E-state index < -0.39 is 16.2 Å². The fourth-order valence-corrected chi connectivity index (χ4v) is 2.38. The van der Waals surface area contributed by atoms with Gasteiger partial charge in [0.15, 0.2) is 0 Å². The van der Waals surface area contributed by atoms with E-state index in [0.717, 1.165) is 0 Å². The average Bonchev–Trinajstić information content (AvgIpc) is 2.24. The van der Waals surface area contributed by atoms with Crippen LogP contribution in [-0.2, 0) is 14.3 Å². The Morgan fingerprint density at radius 2 is 2.00 bits per heavy atom. The smallest absolute Gasteiger partial charge is 0.266 e. The molecular formula is C11H12F2O3S. The summed E-state index contributed by atoms with van der Waals surface area (Å²) in [4.78, 5) is 0.0599. The van der Waals surface area contributed by atoms with E-state index in [1.807, 2.05) is 0 Å². The minimum absolute atomic E-state index is 0.0599. The van der Waals surface area contributed by atoms with Gasteiger partial charge in [0.2, 0.25) is 0 Å². The highest BCUT2D eigenvalue weighted by Gasteiger charge is 2.16. The van der Waals surface area contributed by atoms with Crippen molar-refractivity contribution in [2.45, 2.75) is 18.2 Å². The van der Waals surface area contributed by atoms with Crippen LogP contribution in [0.25, 0.3) is 0 Å². The molecule has 0 fully saturated rings. The Kier molecular flexibility index (Phi) is 4.77. The second-order valence-electron chi connectivity index (χ2n) is 3.32. The van der Waals surface area contributed by atoms with E-state index in [0.29, 0.717) is 11.6 Å². The first-order valence-electron chi connectivity index (χ1n) is 4.90. The van der Waals surface area contributed by atoms with Crippen molar-refractivity contribution in [2.24, 2.45) is 0 Å². The first-order valence-corrected chi connectivity index (χ1v) is 6.30. The minimum Gasteiger partial charge on any atom is -0.266 e. The number of halogens is 2. The van der Waals surface area contributed by atoms with Crippen LogP contribution >= 0.6 is 0 Å². The Bertz CT molecular complexity index is 505. The molecule has 0 N–H and O–H groups in total. The van der Waals surface area contributed by atoms with Gasteiger partial charge >= 0.3 is 0 Å². The number of aryl methyl sites for hydroxylation is 1. The van der Waals surface area contributed by atoms with Gasteiger partial charge in [-0.05, 0) is 31.1 Å². The van der Waals surface area contributed by atoms with Gasteiger partial charge in [0.25, 0.3) is 16.2 Å². The summed E-state index contributed by atoms with van der Waals surface area (Å²) in [6, 6.07) is 6.33. The lowest BCUT2D eigenvalue weighted by molar-refractivity contribution is 0.320. The zero-order valence-corrected chi connectivity index (χ0v) is 10.0. The summed E-state index contributed by atoms with van der Waals surface area (Å²) in [7, 11) is -3.86. The maximum absolute atomic E-state index is 11.7. The second kappa shape index (κ2) is 5.88. The van der Waals surface area contributed by atoms with Crippen LogP contribution in [0.1, 0.15) is 12.0 Å². The van der Waals surface area contributed by atoms with E-state index >= 15 is 0 Å². The molecule has 3 nitrogen and oxygen atoms in total. The second-order valence-corrected chi connectivity index (χ2v) is 4.91. The Balaban J connectivity index is 2.70. The van der Waals surface area contributed by atoms with Crippen molar-refractivity contribution in [3.05, 3.63) is 42.0 Å². The molecule has 0 amide bonds. The van der Waals surface area contributed by atoms with E-state index in [1.54, 1.807) is 25.1 Å².